The highest BCUT2D eigenvalue weighted by atomic mass is 16.6. The van der Waals surface area contributed by atoms with Crippen LogP contribution in [0.5, 0.6) is 0 Å². The number of rotatable bonds is 8. The lowest BCUT2D eigenvalue weighted by molar-refractivity contribution is -0.154. The van der Waals surface area contributed by atoms with Gasteiger partial charge in [-0.3, -0.25) is 9.36 Å². The van der Waals surface area contributed by atoms with Crippen LogP contribution in [0, 0.1) is 5.92 Å². The Morgan fingerprint density at radius 1 is 1.39 bits per heavy atom. The molecule has 0 aliphatic carbocycles. The molecule has 0 aromatic carbocycles. The number of anilines is 1. The highest BCUT2D eigenvalue weighted by molar-refractivity contribution is 5.82. The van der Waals surface area contributed by atoms with Gasteiger partial charge >= 0.3 is 5.97 Å². The number of imidazole rings is 1. The second kappa shape index (κ2) is 7.84. The SMILES string of the molecule is CNc1ncnc2c1ncn2COC(CO)COC(=O)C(C)C. The maximum Gasteiger partial charge on any atom is 0.308 e. The summed E-state index contributed by atoms with van der Waals surface area (Å²) < 4.78 is 12.3. The van der Waals surface area contributed by atoms with Gasteiger partial charge in [0.1, 0.15) is 31.3 Å². The summed E-state index contributed by atoms with van der Waals surface area (Å²) in [5.41, 5.74) is 1.24. The Kier molecular flexibility index (Phi) is 5.83. The van der Waals surface area contributed by atoms with E-state index in [9.17, 15) is 9.90 Å². The van der Waals surface area contributed by atoms with E-state index >= 15 is 0 Å². The van der Waals surface area contributed by atoms with E-state index in [0.29, 0.717) is 17.0 Å². The van der Waals surface area contributed by atoms with E-state index in [2.05, 4.69) is 20.3 Å². The van der Waals surface area contributed by atoms with Crippen molar-refractivity contribution in [3.63, 3.8) is 0 Å². The number of fused-ring (bicyclic) bond motifs is 1. The molecule has 2 rings (SSSR count). The highest BCUT2D eigenvalue weighted by Crippen LogP contribution is 2.16. The lowest BCUT2D eigenvalue weighted by Crippen LogP contribution is -2.27. The molecule has 9 heteroatoms. The summed E-state index contributed by atoms with van der Waals surface area (Å²) in [5, 5.41) is 12.3. The number of esters is 1. The minimum absolute atomic E-state index is 0.00308. The number of carbonyl (C=O) groups excluding carboxylic acids is 1. The van der Waals surface area contributed by atoms with Gasteiger partial charge in [-0.05, 0) is 0 Å². The fourth-order valence-corrected chi connectivity index (χ4v) is 1.84. The number of hydrogen-bond acceptors (Lipinski definition) is 8. The number of carbonyl (C=O) groups is 1. The molecule has 0 aliphatic heterocycles. The van der Waals surface area contributed by atoms with Crippen LogP contribution in [0.15, 0.2) is 12.7 Å². The van der Waals surface area contributed by atoms with Crippen LogP contribution in [0.4, 0.5) is 5.82 Å². The number of hydrogen-bond donors (Lipinski definition) is 2. The molecule has 0 aliphatic rings. The maximum atomic E-state index is 11.4. The van der Waals surface area contributed by atoms with E-state index in [-0.39, 0.29) is 31.8 Å². The Bertz CT molecular complexity index is 658. The molecule has 23 heavy (non-hydrogen) atoms. The first-order chi connectivity index (χ1) is 11.1. The molecule has 2 heterocycles. The van der Waals surface area contributed by atoms with Crippen LogP contribution in [0.2, 0.25) is 0 Å². The van der Waals surface area contributed by atoms with Crippen LogP contribution in [-0.4, -0.2) is 57.0 Å². The van der Waals surface area contributed by atoms with Crippen molar-refractivity contribution >= 4 is 23.0 Å². The topological polar surface area (TPSA) is 111 Å². The Labute approximate surface area is 133 Å². The molecular formula is C14H21N5O4. The van der Waals surface area contributed by atoms with Crippen LogP contribution in [0.3, 0.4) is 0 Å². The summed E-state index contributed by atoms with van der Waals surface area (Å²) in [4.78, 5) is 23.9. The molecule has 0 fully saturated rings. The molecule has 0 radical (unpaired) electrons. The van der Waals surface area contributed by atoms with Crippen molar-refractivity contribution in [2.45, 2.75) is 26.7 Å². The second-order valence-electron chi connectivity index (χ2n) is 5.24. The Balaban J connectivity index is 1.98. The molecule has 1 atom stereocenters. The van der Waals surface area contributed by atoms with Gasteiger partial charge in [-0.2, -0.15) is 0 Å². The average molecular weight is 323 g/mol. The lowest BCUT2D eigenvalue weighted by atomic mass is 10.2. The third kappa shape index (κ3) is 4.14. The number of aliphatic hydroxyl groups excluding tert-OH is 1. The van der Waals surface area contributed by atoms with Crippen molar-refractivity contribution in [3.8, 4) is 0 Å². The van der Waals surface area contributed by atoms with E-state index in [1.54, 1.807) is 31.8 Å². The van der Waals surface area contributed by atoms with Crippen LogP contribution in [-0.2, 0) is 21.0 Å². The molecule has 0 spiro atoms. The molecule has 126 valence electrons. The van der Waals surface area contributed by atoms with Crippen molar-refractivity contribution < 1.29 is 19.4 Å². The molecule has 2 aromatic rings. The first kappa shape index (κ1) is 17.1. The van der Waals surface area contributed by atoms with Gasteiger partial charge < -0.3 is 19.9 Å². The van der Waals surface area contributed by atoms with Crippen LogP contribution in [0.1, 0.15) is 13.8 Å². The number of aliphatic hydroxyl groups is 1. The summed E-state index contributed by atoms with van der Waals surface area (Å²) in [6, 6.07) is 0. The predicted molar refractivity (Wildman–Crippen MR) is 82.6 cm³/mol. The summed E-state index contributed by atoms with van der Waals surface area (Å²) >= 11 is 0. The van der Waals surface area contributed by atoms with Crippen LogP contribution in [0.25, 0.3) is 11.2 Å². The highest BCUT2D eigenvalue weighted by Gasteiger charge is 2.15. The summed E-state index contributed by atoms with van der Waals surface area (Å²) in [6.45, 7) is 3.36. The molecule has 0 saturated heterocycles. The number of ether oxygens (including phenoxy) is 2. The van der Waals surface area contributed by atoms with E-state index in [0.717, 1.165) is 0 Å². The molecule has 0 saturated carbocycles. The van der Waals surface area contributed by atoms with Gasteiger partial charge in [0, 0.05) is 7.05 Å². The third-order valence-electron chi connectivity index (χ3n) is 3.17. The maximum absolute atomic E-state index is 11.4. The zero-order valence-electron chi connectivity index (χ0n) is 13.4. The Morgan fingerprint density at radius 3 is 2.83 bits per heavy atom. The zero-order valence-corrected chi connectivity index (χ0v) is 13.4. The van der Waals surface area contributed by atoms with Crippen molar-refractivity contribution in [1.29, 1.82) is 0 Å². The molecule has 0 bridgehead atoms. The van der Waals surface area contributed by atoms with E-state index in [1.165, 1.54) is 6.33 Å². The lowest BCUT2D eigenvalue weighted by Gasteiger charge is -2.16. The molecule has 1 unspecified atom stereocenters. The summed E-state index contributed by atoms with van der Waals surface area (Å²) in [6.07, 6.45) is 2.40. The van der Waals surface area contributed by atoms with Gasteiger partial charge in [0.25, 0.3) is 0 Å². The monoisotopic (exact) mass is 323 g/mol. The van der Waals surface area contributed by atoms with Crippen molar-refractivity contribution in [2.75, 3.05) is 25.6 Å². The van der Waals surface area contributed by atoms with Gasteiger partial charge in [0.05, 0.1) is 18.9 Å². The van der Waals surface area contributed by atoms with Gasteiger partial charge in [0.15, 0.2) is 11.5 Å². The summed E-state index contributed by atoms with van der Waals surface area (Å²) in [5.74, 6) is 0.0773. The zero-order chi connectivity index (χ0) is 16.8. The molecular weight excluding hydrogens is 302 g/mol. The fourth-order valence-electron chi connectivity index (χ4n) is 1.84. The van der Waals surface area contributed by atoms with Gasteiger partial charge in [0.2, 0.25) is 0 Å². The van der Waals surface area contributed by atoms with Crippen molar-refractivity contribution in [1.82, 2.24) is 19.5 Å². The van der Waals surface area contributed by atoms with Crippen molar-refractivity contribution in [3.05, 3.63) is 12.7 Å². The molecule has 0 amide bonds. The quantitative estimate of drug-likeness (QED) is 0.672. The van der Waals surface area contributed by atoms with Gasteiger partial charge in [-0.25, -0.2) is 15.0 Å². The van der Waals surface area contributed by atoms with Crippen LogP contribution < -0.4 is 5.32 Å². The number of nitrogens with zero attached hydrogens (tertiary/aromatic N) is 4. The van der Waals surface area contributed by atoms with E-state index in [4.69, 9.17) is 9.47 Å². The van der Waals surface area contributed by atoms with E-state index < -0.39 is 6.10 Å². The van der Waals surface area contributed by atoms with Crippen molar-refractivity contribution in [2.24, 2.45) is 5.92 Å². The first-order valence-corrected chi connectivity index (χ1v) is 7.29. The van der Waals surface area contributed by atoms with Gasteiger partial charge in [-0.1, -0.05) is 13.8 Å². The Morgan fingerprint density at radius 2 is 2.17 bits per heavy atom. The van der Waals surface area contributed by atoms with Gasteiger partial charge in [-0.15, -0.1) is 0 Å². The summed E-state index contributed by atoms with van der Waals surface area (Å²) in [7, 11) is 1.75. The number of aromatic nitrogens is 4. The fraction of sp³-hybridized carbons (Fsp3) is 0.571. The third-order valence-corrected chi connectivity index (χ3v) is 3.17. The minimum atomic E-state index is -0.610. The smallest absolute Gasteiger partial charge is 0.308 e. The average Bonchev–Trinajstić information content (AvgIpc) is 2.97. The standard InChI is InChI=1S/C14H21N5O4/c1-9(2)14(21)22-5-10(4-20)23-8-19-7-18-11-12(15-3)16-6-17-13(11)19/h6-7,9-10,20H,4-5,8H2,1-3H3,(H,15,16,17). The first-order valence-electron chi connectivity index (χ1n) is 7.29. The second-order valence-corrected chi connectivity index (χ2v) is 5.24. The minimum Gasteiger partial charge on any atom is -0.463 e. The molecule has 2 N–H and O–H groups in total. The van der Waals surface area contributed by atoms with E-state index in [1.807, 2.05) is 0 Å². The molecule has 2 aromatic heterocycles. The predicted octanol–water partition coefficient (Wildman–Crippen LogP) is 0.402. The number of nitrogens with one attached hydrogen (secondary N) is 1. The normalized spacial score (nSPS) is 12.6. The Hall–Kier alpha value is -2.26. The largest absolute Gasteiger partial charge is 0.463 e. The molecule has 9 nitrogen and oxygen atoms in total. The van der Waals surface area contributed by atoms with Crippen LogP contribution >= 0.6 is 0 Å².